The van der Waals surface area contributed by atoms with Gasteiger partial charge in [-0.2, -0.15) is 5.10 Å². The van der Waals surface area contributed by atoms with Crippen LogP contribution in [0.4, 0.5) is 0 Å². The Morgan fingerprint density at radius 1 is 1.03 bits per heavy atom. The van der Waals surface area contributed by atoms with Gasteiger partial charge in [-0.15, -0.1) is 0 Å². The number of nitrogens with one attached hydrogen (secondary N) is 2. The molecular weight excluding hydrogens is 425 g/mol. The number of hydrogen-bond acceptors (Lipinski definition) is 4. The molecule has 0 aliphatic carbocycles. The van der Waals surface area contributed by atoms with Gasteiger partial charge >= 0.3 is 0 Å². The highest BCUT2D eigenvalue weighted by Gasteiger charge is 2.24. The van der Waals surface area contributed by atoms with Crippen LogP contribution < -0.4 is 15.5 Å². The second kappa shape index (κ2) is 11.0. The molecule has 0 aliphatic heterocycles. The maximum absolute atomic E-state index is 12.6. The molecule has 8 heteroatoms. The molecule has 0 bridgehead atoms. The van der Waals surface area contributed by atoms with Crippen molar-refractivity contribution in [1.82, 2.24) is 10.7 Å². The van der Waals surface area contributed by atoms with E-state index in [1.165, 1.54) is 18.3 Å². The topological polar surface area (TPSA) is 79.8 Å². The summed E-state index contributed by atoms with van der Waals surface area (Å²) in [4.78, 5) is 25.1. The number of rotatable bonds is 8. The Bertz CT molecular complexity index is 930. The van der Waals surface area contributed by atoms with Crippen molar-refractivity contribution in [1.29, 1.82) is 0 Å². The van der Waals surface area contributed by atoms with Crippen molar-refractivity contribution < 1.29 is 14.3 Å². The molecule has 30 heavy (non-hydrogen) atoms. The largest absolute Gasteiger partial charge is 0.491 e. The highest BCUT2D eigenvalue weighted by Crippen LogP contribution is 2.22. The summed E-state index contributed by atoms with van der Waals surface area (Å²) < 4.78 is 5.64. The van der Waals surface area contributed by atoms with Crippen LogP contribution in [0.2, 0.25) is 10.0 Å². The van der Waals surface area contributed by atoms with Crippen LogP contribution in [0.25, 0.3) is 0 Å². The predicted octanol–water partition coefficient (Wildman–Crippen LogP) is 4.69. The fourth-order valence-electron chi connectivity index (χ4n) is 2.58. The van der Waals surface area contributed by atoms with Crippen LogP contribution in [-0.2, 0) is 4.79 Å². The second-order valence-electron chi connectivity index (χ2n) is 7.30. The Labute approximate surface area is 186 Å². The lowest BCUT2D eigenvalue weighted by Gasteiger charge is -2.20. The molecule has 2 rings (SSSR count). The predicted molar refractivity (Wildman–Crippen MR) is 120 cm³/mol. The van der Waals surface area contributed by atoms with Crippen molar-refractivity contribution in [3.8, 4) is 5.75 Å². The second-order valence-corrected chi connectivity index (χ2v) is 8.11. The smallest absolute Gasteiger partial charge is 0.262 e. The number of halogens is 2. The first kappa shape index (κ1) is 23.7. The van der Waals surface area contributed by atoms with E-state index in [1.807, 2.05) is 52.0 Å². The first-order valence-electron chi connectivity index (χ1n) is 9.53. The molecule has 0 saturated carbocycles. The van der Waals surface area contributed by atoms with Crippen molar-refractivity contribution in [3.05, 3.63) is 63.6 Å². The summed E-state index contributed by atoms with van der Waals surface area (Å²) >= 11 is 11.8. The molecule has 2 aromatic rings. The fourth-order valence-corrected chi connectivity index (χ4v) is 2.88. The van der Waals surface area contributed by atoms with Crippen molar-refractivity contribution in [2.75, 3.05) is 0 Å². The third-order valence-electron chi connectivity index (χ3n) is 4.04. The lowest BCUT2D eigenvalue weighted by atomic mass is 10.0. The number of nitrogens with zero attached hydrogens (tertiary/aromatic N) is 1. The molecule has 0 fully saturated rings. The van der Waals surface area contributed by atoms with Gasteiger partial charge in [-0.25, -0.2) is 5.43 Å². The van der Waals surface area contributed by atoms with Gasteiger partial charge in [0.25, 0.3) is 11.8 Å². The van der Waals surface area contributed by atoms with Crippen molar-refractivity contribution >= 4 is 41.2 Å². The monoisotopic (exact) mass is 449 g/mol. The van der Waals surface area contributed by atoms with Crippen LogP contribution in [0.1, 0.15) is 43.6 Å². The average molecular weight is 450 g/mol. The highest BCUT2D eigenvalue weighted by molar-refractivity contribution is 6.42. The molecule has 0 aromatic heterocycles. The van der Waals surface area contributed by atoms with E-state index >= 15 is 0 Å². The lowest BCUT2D eigenvalue weighted by molar-refractivity contribution is -0.123. The quantitative estimate of drug-likeness (QED) is 0.453. The molecule has 1 unspecified atom stereocenters. The Morgan fingerprint density at radius 3 is 2.40 bits per heavy atom. The van der Waals surface area contributed by atoms with Crippen LogP contribution in [0, 0.1) is 5.92 Å². The van der Waals surface area contributed by atoms with Gasteiger partial charge in [-0.05, 0) is 55.7 Å². The molecule has 0 saturated heterocycles. The molecule has 2 amide bonds. The number of carbonyl (C=O) groups is 2. The zero-order valence-corrected chi connectivity index (χ0v) is 18.8. The van der Waals surface area contributed by atoms with E-state index in [4.69, 9.17) is 27.9 Å². The van der Waals surface area contributed by atoms with Crippen LogP contribution >= 0.6 is 23.2 Å². The van der Waals surface area contributed by atoms with Crippen molar-refractivity contribution in [3.63, 3.8) is 0 Å². The minimum atomic E-state index is -0.778. The van der Waals surface area contributed by atoms with Crippen molar-refractivity contribution in [2.24, 2.45) is 11.0 Å². The lowest BCUT2D eigenvalue weighted by Crippen LogP contribution is -2.48. The van der Waals surface area contributed by atoms with Crippen LogP contribution in [0.15, 0.2) is 47.6 Å². The van der Waals surface area contributed by atoms with E-state index in [0.29, 0.717) is 16.3 Å². The zero-order valence-electron chi connectivity index (χ0n) is 17.3. The van der Waals surface area contributed by atoms with E-state index < -0.39 is 17.9 Å². The SMILES string of the molecule is CC(C)Oc1cccc(/C=N\NC(=O)C(NC(=O)c2ccc(Cl)c(Cl)c2)C(C)C)c1. The van der Waals surface area contributed by atoms with Crippen LogP contribution in [0.3, 0.4) is 0 Å². The highest BCUT2D eigenvalue weighted by atomic mass is 35.5. The maximum atomic E-state index is 12.6. The molecule has 0 radical (unpaired) electrons. The zero-order chi connectivity index (χ0) is 22.3. The normalized spacial score (nSPS) is 12.3. The summed E-state index contributed by atoms with van der Waals surface area (Å²) in [5.41, 5.74) is 3.56. The number of carbonyl (C=O) groups excluding carboxylic acids is 2. The van der Waals surface area contributed by atoms with Gasteiger partial charge in [0, 0.05) is 5.56 Å². The van der Waals surface area contributed by atoms with E-state index in [2.05, 4.69) is 15.8 Å². The average Bonchev–Trinajstić information content (AvgIpc) is 2.67. The molecule has 160 valence electrons. The van der Waals surface area contributed by atoms with Gasteiger partial charge in [0.05, 0.1) is 22.4 Å². The molecule has 0 aliphatic rings. The van der Waals surface area contributed by atoms with Gasteiger partial charge in [0.2, 0.25) is 0 Å². The summed E-state index contributed by atoms with van der Waals surface area (Å²) in [6.45, 7) is 7.55. The van der Waals surface area contributed by atoms with Gasteiger partial charge < -0.3 is 10.1 Å². The Kier molecular flexibility index (Phi) is 8.69. The molecule has 0 spiro atoms. The fraction of sp³-hybridized carbons (Fsp3) is 0.318. The number of amides is 2. The summed E-state index contributed by atoms with van der Waals surface area (Å²) in [6.07, 6.45) is 1.58. The minimum Gasteiger partial charge on any atom is -0.491 e. The molecule has 2 N–H and O–H groups in total. The summed E-state index contributed by atoms with van der Waals surface area (Å²) in [5.74, 6) is -0.293. The van der Waals surface area contributed by atoms with Crippen LogP contribution in [-0.4, -0.2) is 30.2 Å². The first-order valence-corrected chi connectivity index (χ1v) is 10.3. The van der Waals surface area contributed by atoms with Gasteiger partial charge in [0.1, 0.15) is 11.8 Å². The molecular formula is C22H25Cl2N3O3. The van der Waals surface area contributed by atoms with E-state index in [1.54, 1.807) is 6.07 Å². The standard InChI is InChI=1S/C22H25Cl2N3O3/c1-13(2)20(26-21(28)16-8-9-18(23)19(24)11-16)22(29)27-25-12-15-6-5-7-17(10-15)30-14(3)4/h5-14,20H,1-4H3,(H,26,28)(H,27,29)/b25-12-. The Balaban J connectivity index is 2.02. The number of hydrazone groups is 1. The van der Waals surface area contributed by atoms with E-state index in [-0.39, 0.29) is 17.0 Å². The minimum absolute atomic E-state index is 0.0582. The third-order valence-corrected chi connectivity index (χ3v) is 4.77. The summed E-state index contributed by atoms with van der Waals surface area (Å²) in [6, 6.07) is 11.1. The molecule has 0 heterocycles. The number of hydrogen-bond donors (Lipinski definition) is 2. The molecule has 1 atom stereocenters. The van der Waals surface area contributed by atoms with E-state index in [0.717, 1.165) is 5.56 Å². The maximum Gasteiger partial charge on any atom is 0.262 e. The summed E-state index contributed by atoms with van der Waals surface area (Å²) in [5, 5.41) is 7.33. The van der Waals surface area contributed by atoms with Gasteiger partial charge in [-0.3, -0.25) is 9.59 Å². The Hall–Kier alpha value is -2.57. The molecule has 2 aromatic carbocycles. The first-order chi connectivity index (χ1) is 14.2. The van der Waals surface area contributed by atoms with E-state index in [9.17, 15) is 9.59 Å². The number of ether oxygens (including phenoxy) is 1. The Morgan fingerprint density at radius 2 is 1.77 bits per heavy atom. The van der Waals surface area contributed by atoms with Gasteiger partial charge in [-0.1, -0.05) is 49.2 Å². The van der Waals surface area contributed by atoms with Crippen molar-refractivity contribution in [2.45, 2.75) is 39.8 Å². The summed E-state index contributed by atoms with van der Waals surface area (Å²) in [7, 11) is 0. The molecule has 6 nitrogen and oxygen atoms in total. The van der Waals surface area contributed by atoms with Crippen LogP contribution in [0.5, 0.6) is 5.75 Å². The third kappa shape index (κ3) is 7.04. The van der Waals surface area contributed by atoms with Gasteiger partial charge in [0.15, 0.2) is 0 Å². The number of benzene rings is 2.